The quantitative estimate of drug-likeness (QED) is 0.720. The van der Waals surface area contributed by atoms with Gasteiger partial charge >= 0.3 is 5.97 Å². The lowest BCUT2D eigenvalue weighted by Crippen LogP contribution is -2.55. The molecule has 2 aliphatic heterocycles. The van der Waals surface area contributed by atoms with Crippen molar-refractivity contribution in [3.05, 3.63) is 29.8 Å². The Balaban J connectivity index is 1.65. The summed E-state index contributed by atoms with van der Waals surface area (Å²) in [6.07, 6.45) is 0.00395. The molecule has 1 atom stereocenters. The molecule has 0 aliphatic carbocycles. The zero-order chi connectivity index (χ0) is 20.1. The Morgan fingerprint density at radius 3 is 2.54 bits per heavy atom. The maximum Gasteiger partial charge on any atom is 0.338 e. The van der Waals surface area contributed by atoms with Crippen molar-refractivity contribution in [2.24, 2.45) is 4.99 Å². The van der Waals surface area contributed by atoms with Crippen LogP contribution in [-0.2, 0) is 14.3 Å². The summed E-state index contributed by atoms with van der Waals surface area (Å²) in [6, 6.07) is 5.63. The van der Waals surface area contributed by atoms with Gasteiger partial charge in [0.2, 0.25) is 17.8 Å². The van der Waals surface area contributed by atoms with Crippen LogP contribution in [-0.4, -0.2) is 79.4 Å². The maximum atomic E-state index is 12.6. The lowest BCUT2D eigenvalue weighted by Gasteiger charge is -2.36. The fourth-order valence-corrected chi connectivity index (χ4v) is 3.04. The number of rotatable bonds is 4. The Morgan fingerprint density at radius 1 is 1.21 bits per heavy atom. The van der Waals surface area contributed by atoms with Crippen molar-refractivity contribution in [1.29, 1.82) is 0 Å². The number of nitrogens with zero attached hydrogens (tertiary/aromatic N) is 3. The number of esters is 1. The van der Waals surface area contributed by atoms with Crippen LogP contribution in [0.25, 0.3) is 0 Å². The number of guanidine groups is 1. The zero-order valence-electron chi connectivity index (χ0n) is 16.1. The smallest absolute Gasteiger partial charge is 0.338 e. The van der Waals surface area contributed by atoms with Crippen LogP contribution in [0.1, 0.15) is 23.7 Å². The maximum absolute atomic E-state index is 12.6. The molecule has 0 radical (unpaired) electrons. The number of likely N-dealkylation sites (N-methyl/N-ethyl adjacent to an activating group) is 1. The largest absolute Gasteiger partial charge is 0.462 e. The van der Waals surface area contributed by atoms with Gasteiger partial charge in [-0.3, -0.25) is 14.9 Å². The summed E-state index contributed by atoms with van der Waals surface area (Å²) in [6.45, 7) is 5.29. The highest BCUT2D eigenvalue weighted by molar-refractivity contribution is 6.06. The van der Waals surface area contributed by atoms with Gasteiger partial charge in [0.25, 0.3) is 0 Å². The van der Waals surface area contributed by atoms with Crippen LogP contribution in [0, 0.1) is 0 Å². The average molecular weight is 387 g/mol. The molecule has 0 bridgehead atoms. The van der Waals surface area contributed by atoms with E-state index in [2.05, 4.69) is 20.5 Å². The third-order valence-electron chi connectivity index (χ3n) is 4.68. The number of nitrogens with one attached hydrogen (secondary N) is 2. The molecule has 1 aromatic rings. The molecule has 2 amide bonds. The Labute approximate surface area is 163 Å². The minimum atomic E-state index is -0.784. The number of carbonyl (C=O) groups excluding carboxylic acids is 3. The van der Waals surface area contributed by atoms with E-state index < -0.39 is 12.0 Å². The zero-order valence-corrected chi connectivity index (χ0v) is 16.1. The van der Waals surface area contributed by atoms with Gasteiger partial charge in [-0.2, -0.15) is 0 Å². The van der Waals surface area contributed by atoms with Crippen molar-refractivity contribution in [3.63, 3.8) is 0 Å². The van der Waals surface area contributed by atoms with E-state index in [1.54, 1.807) is 31.2 Å². The molecule has 3 rings (SSSR count). The predicted molar refractivity (Wildman–Crippen MR) is 104 cm³/mol. The monoisotopic (exact) mass is 387 g/mol. The molecule has 2 N–H and O–H groups in total. The minimum absolute atomic E-state index is 0.00395. The Kier molecular flexibility index (Phi) is 6.25. The fraction of sp³-hybridized carbons (Fsp3) is 0.474. The summed E-state index contributed by atoms with van der Waals surface area (Å²) >= 11 is 0. The van der Waals surface area contributed by atoms with Gasteiger partial charge in [0.15, 0.2) is 0 Å². The lowest BCUT2D eigenvalue weighted by molar-refractivity contribution is -0.125. The number of carbonyl (C=O) groups is 3. The first-order chi connectivity index (χ1) is 13.5. The van der Waals surface area contributed by atoms with Gasteiger partial charge in [0.1, 0.15) is 6.04 Å². The van der Waals surface area contributed by atoms with Crippen LogP contribution in [0.4, 0.5) is 5.69 Å². The number of hydrogen-bond donors (Lipinski definition) is 2. The van der Waals surface area contributed by atoms with E-state index in [1.807, 2.05) is 11.9 Å². The van der Waals surface area contributed by atoms with Gasteiger partial charge in [-0.25, -0.2) is 9.79 Å². The molecule has 0 aromatic heterocycles. The van der Waals surface area contributed by atoms with Crippen LogP contribution in [0.5, 0.6) is 0 Å². The van der Waals surface area contributed by atoms with E-state index in [1.165, 1.54) is 0 Å². The van der Waals surface area contributed by atoms with Crippen LogP contribution >= 0.6 is 0 Å². The summed E-state index contributed by atoms with van der Waals surface area (Å²) in [5, 5.41) is 5.52. The number of amides is 2. The highest BCUT2D eigenvalue weighted by Crippen LogP contribution is 2.14. The lowest BCUT2D eigenvalue weighted by atomic mass is 10.1. The standard InChI is InChI=1S/C19H25N5O4/c1-3-28-18(27)13-4-6-14(7-5-13)20-17(26)15-12-16(25)22-19(21-15)24-10-8-23(2)9-11-24/h4-7,15H,3,8-12H2,1-2H3,(H,20,26)(H,21,22,25)/t15-/m0/s1. The molecule has 0 unspecified atom stereocenters. The number of aliphatic imine (C=N–C) groups is 1. The number of benzene rings is 1. The highest BCUT2D eigenvalue weighted by atomic mass is 16.5. The molecule has 2 aliphatic rings. The number of hydrogen-bond acceptors (Lipinski definition) is 7. The third kappa shape index (κ3) is 4.86. The van der Waals surface area contributed by atoms with Gasteiger partial charge in [0, 0.05) is 31.9 Å². The third-order valence-corrected chi connectivity index (χ3v) is 4.68. The second-order valence-electron chi connectivity index (χ2n) is 6.80. The second kappa shape index (κ2) is 8.83. The number of piperazine rings is 1. The van der Waals surface area contributed by atoms with Crippen molar-refractivity contribution in [3.8, 4) is 0 Å². The van der Waals surface area contributed by atoms with Gasteiger partial charge < -0.3 is 19.9 Å². The van der Waals surface area contributed by atoms with Crippen LogP contribution in [0.15, 0.2) is 29.3 Å². The van der Waals surface area contributed by atoms with Crippen molar-refractivity contribution in [1.82, 2.24) is 15.1 Å². The van der Waals surface area contributed by atoms with Crippen LogP contribution in [0.2, 0.25) is 0 Å². The average Bonchev–Trinajstić information content (AvgIpc) is 2.69. The molecule has 9 nitrogen and oxygen atoms in total. The van der Waals surface area contributed by atoms with E-state index in [9.17, 15) is 14.4 Å². The van der Waals surface area contributed by atoms with Crippen LogP contribution < -0.4 is 10.6 Å². The Morgan fingerprint density at radius 2 is 1.89 bits per heavy atom. The number of anilines is 1. The molecule has 2 heterocycles. The normalized spacial score (nSPS) is 20.2. The van der Waals surface area contributed by atoms with E-state index >= 15 is 0 Å². The fourth-order valence-electron chi connectivity index (χ4n) is 3.04. The van der Waals surface area contributed by atoms with Gasteiger partial charge in [-0.05, 0) is 38.2 Å². The summed E-state index contributed by atoms with van der Waals surface area (Å²) in [5.74, 6) is -0.528. The van der Waals surface area contributed by atoms with Gasteiger partial charge in [0.05, 0.1) is 18.6 Å². The van der Waals surface area contributed by atoms with Crippen molar-refractivity contribution >= 4 is 29.4 Å². The predicted octanol–water partition coefficient (Wildman–Crippen LogP) is 0.294. The minimum Gasteiger partial charge on any atom is -0.462 e. The van der Waals surface area contributed by atoms with Crippen molar-refractivity contribution in [2.45, 2.75) is 19.4 Å². The first kappa shape index (κ1) is 19.8. The van der Waals surface area contributed by atoms with Gasteiger partial charge in [-0.15, -0.1) is 0 Å². The highest BCUT2D eigenvalue weighted by Gasteiger charge is 2.30. The van der Waals surface area contributed by atoms with E-state index in [0.29, 0.717) is 23.8 Å². The molecule has 0 spiro atoms. The molecular weight excluding hydrogens is 362 g/mol. The molecule has 150 valence electrons. The molecule has 28 heavy (non-hydrogen) atoms. The Bertz CT molecular complexity index is 769. The van der Waals surface area contributed by atoms with Crippen molar-refractivity contribution in [2.75, 3.05) is 45.2 Å². The topological polar surface area (TPSA) is 103 Å². The first-order valence-corrected chi connectivity index (χ1v) is 9.35. The summed E-state index contributed by atoms with van der Waals surface area (Å²) in [7, 11) is 2.04. The molecule has 1 aromatic carbocycles. The van der Waals surface area contributed by atoms with Crippen LogP contribution in [0.3, 0.4) is 0 Å². The van der Waals surface area contributed by atoms with E-state index in [0.717, 1.165) is 26.2 Å². The molecule has 0 saturated carbocycles. The molecule has 1 saturated heterocycles. The van der Waals surface area contributed by atoms with E-state index in [4.69, 9.17) is 4.74 Å². The molecule has 9 heteroatoms. The summed E-state index contributed by atoms with van der Waals surface area (Å²) in [5.41, 5.74) is 0.938. The van der Waals surface area contributed by atoms with Crippen molar-refractivity contribution < 1.29 is 19.1 Å². The molecular formula is C19H25N5O4. The first-order valence-electron chi connectivity index (χ1n) is 9.35. The SMILES string of the molecule is CCOC(=O)c1ccc(NC(=O)[C@@H]2CC(=O)NC(N3CCN(C)CC3)=N2)cc1. The number of ether oxygens (including phenoxy) is 1. The molecule has 1 fully saturated rings. The summed E-state index contributed by atoms with van der Waals surface area (Å²) < 4.78 is 4.94. The second-order valence-corrected chi connectivity index (χ2v) is 6.80. The Hall–Kier alpha value is -2.94. The van der Waals surface area contributed by atoms with E-state index in [-0.39, 0.29) is 18.2 Å². The van der Waals surface area contributed by atoms with Gasteiger partial charge in [-0.1, -0.05) is 0 Å². The summed E-state index contributed by atoms with van der Waals surface area (Å²) in [4.78, 5) is 45.0.